The average molecular weight is 342 g/mol. The van der Waals surface area contributed by atoms with Gasteiger partial charge in [-0.05, 0) is 31.4 Å². The monoisotopic (exact) mass is 341 g/mol. The van der Waals surface area contributed by atoms with E-state index in [9.17, 15) is 14.9 Å². The maximum Gasteiger partial charge on any atom is 0.271 e. The van der Waals surface area contributed by atoms with Gasteiger partial charge in [-0.15, -0.1) is 0 Å². The molecule has 7 heteroatoms. The number of non-ortho nitro benzene ring substituents is 1. The molecule has 0 aromatic heterocycles. The lowest BCUT2D eigenvalue weighted by Gasteiger charge is -2.31. The zero-order valence-electron chi connectivity index (χ0n) is 10.9. The van der Waals surface area contributed by atoms with E-state index in [1.165, 1.54) is 12.1 Å². The van der Waals surface area contributed by atoms with Gasteiger partial charge in [0.05, 0.1) is 4.92 Å². The van der Waals surface area contributed by atoms with Gasteiger partial charge in [-0.3, -0.25) is 14.9 Å². The summed E-state index contributed by atoms with van der Waals surface area (Å²) in [6.07, 6.45) is 1.77. The molecule has 0 unspecified atom stereocenters. The van der Waals surface area contributed by atoms with Gasteiger partial charge in [-0.1, -0.05) is 15.9 Å². The third-order valence-corrected chi connectivity index (χ3v) is 4.03. The number of halogens is 1. The van der Waals surface area contributed by atoms with Crippen LogP contribution in [0.5, 0.6) is 0 Å². The van der Waals surface area contributed by atoms with Gasteiger partial charge in [0.1, 0.15) is 0 Å². The molecule has 1 heterocycles. The Morgan fingerprint density at radius 2 is 2.05 bits per heavy atom. The number of likely N-dealkylation sites (tertiary alicyclic amines) is 1. The van der Waals surface area contributed by atoms with Crippen LogP contribution in [0.3, 0.4) is 0 Å². The van der Waals surface area contributed by atoms with Crippen LogP contribution < -0.4 is 5.73 Å². The van der Waals surface area contributed by atoms with Crippen LogP contribution in [0.1, 0.15) is 23.2 Å². The predicted octanol–water partition coefficient (Wildman–Crippen LogP) is 2.17. The normalized spacial score (nSPS) is 16.2. The molecule has 6 nitrogen and oxygen atoms in total. The Bertz CT molecular complexity index is 528. The number of amides is 1. The number of piperidine rings is 1. The number of nitro benzene ring substituents is 1. The molecule has 1 saturated heterocycles. The maximum absolute atomic E-state index is 12.4. The molecular formula is C13H16BrN3O3. The third kappa shape index (κ3) is 3.34. The number of carbonyl (C=O) groups is 1. The molecule has 0 saturated carbocycles. The molecule has 0 bridgehead atoms. The second-order valence-corrected chi connectivity index (χ2v) is 5.84. The van der Waals surface area contributed by atoms with Crippen molar-refractivity contribution in [1.29, 1.82) is 0 Å². The summed E-state index contributed by atoms with van der Waals surface area (Å²) in [7, 11) is 0. The van der Waals surface area contributed by atoms with E-state index < -0.39 is 4.92 Å². The molecule has 1 fully saturated rings. The number of benzene rings is 1. The van der Waals surface area contributed by atoms with Crippen molar-refractivity contribution in [3.63, 3.8) is 0 Å². The quantitative estimate of drug-likeness (QED) is 0.673. The predicted molar refractivity (Wildman–Crippen MR) is 78.5 cm³/mol. The van der Waals surface area contributed by atoms with Crippen molar-refractivity contribution in [3.8, 4) is 0 Å². The zero-order chi connectivity index (χ0) is 14.7. The minimum atomic E-state index is -0.498. The molecule has 1 amide bonds. The maximum atomic E-state index is 12.4. The van der Waals surface area contributed by atoms with Gasteiger partial charge in [0.2, 0.25) is 0 Å². The lowest BCUT2D eigenvalue weighted by atomic mass is 9.96. The number of nitro groups is 1. The van der Waals surface area contributed by atoms with Crippen LogP contribution in [0, 0.1) is 16.0 Å². The first kappa shape index (κ1) is 14.9. The molecule has 0 atom stereocenters. The Morgan fingerprint density at radius 1 is 1.40 bits per heavy atom. The summed E-state index contributed by atoms with van der Waals surface area (Å²) in [5.41, 5.74) is 5.89. The Balaban J connectivity index is 2.15. The van der Waals surface area contributed by atoms with Gasteiger partial charge in [-0.25, -0.2) is 0 Å². The van der Waals surface area contributed by atoms with Crippen molar-refractivity contribution in [1.82, 2.24) is 4.90 Å². The molecular weight excluding hydrogens is 326 g/mol. The molecule has 1 aliphatic rings. The Kier molecular flexibility index (Phi) is 4.72. The zero-order valence-corrected chi connectivity index (χ0v) is 12.5. The van der Waals surface area contributed by atoms with Crippen molar-refractivity contribution < 1.29 is 9.72 Å². The Hall–Kier alpha value is -1.47. The number of nitrogens with zero attached hydrogens (tertiary/aromatic N) is 2. The third-order valence-electron chi connectivity index (χ3n) is 3.58. The van der Waals surface area contributed by atoms with Crippen molar-refractivity contribution in [2.45, 2.75) is 12.8 Å². The number of rotatable bonds is 3. The molecule has 0 aliphatic carbocycles. The summed E-state index contributed by atoms with van der Waals surface area (Å²) in [5, 5.41) is 10.8. The van der Waals surface area contributed by atoms with Crippen LogP contribution in [0.4, 0.5) is 5.69 Å². The van der Waals surface area contributed by atoms with E-state index in [0.29, 0.717) is 35.6 Å². The molecule has 1 aliphatic heterocycles. The summed E-state index contributed by atoms with van der Waals surface area (Å²) in [6, 6.07) is 4.32. The van der Waals surface area contributed by atoms with E-state index in [0.717, 1.165) is 12.8 Å². The average Bonchev–Trinajstić information content (AvgIpc) is 2.46. The van der Waals surface area contributed by atoms with E-state index in [1.54, 1.807) is 11.0 Å². The molecule has 1 aromatic rings. The molecule has 0 radical (unpaired) electrons. The lowest BCUT2D eigenvalue weighted by Crippen LogP contribution is -2.40. The first-order valence-corrected chi connectivity index (χ1v) is 7.25. The highest BCUT2D eigenvalue weighted by atomic mass is 79.9. The van der Waals surface area contributed by atoms with Crippen molar-refractivity contribution >= 4 is 27.5 Å². The van der Waals surface area contributed by atoms with Crippen LogP contribution in [-0.4, -0.2) is 35.4 Å². The van der Waals surface area contributed by atoms with Crippen molar-refractivity contribution in [3.05, 3.63) is 38.3 Å². The molecule has 2 N–H and O–H groups in total. The van der Waals surface area contributed by atoms with Gasteiger partial charge in [0.15, 0.2) is 0 Å². The highest BCUT2D eigenvalue weighted by molar-refractivity contribution is 9.10. The lowest BCUT2D eigenvalue weighted by molar-refractivity contribution is -0.385. The second kappa shape index (κ2) is 6.32. The van der Waals surface area contributed by atoms with E-state index in [-0.39, 0.29) is 11.6 Å². The molecule has 2 rings (SSSR count). The number of hydrogen-bond acceptors (Lipinski definition) is 4. The van der Waals surface area contributed by atoms with Gasteiger partial charge in [-0.2, -0.15) is 0 Å². The SMILES string of the molecule is NCC1CCN(C(=O)c2cc(Br)cc([N+](=O)[O-])c2)CC1. The summed E-state index contributed by atoms with van der Waals surface area (Å²) in [4.78, 5) is 24.4. The van der Waals surface area contributed by atoms with Gasteiger partial charge >= 0.3 is 0 Å². The fraction of sp³-hybridized carbons (Fsp3) is 0.462. The van der Waals surface area contributed by atoms with Crippen LogP contribution in [-0.2, 0) is 0 Å². The summed E-state index contributed by atoms with van der Waals surface area (Å²) >= 11 is 3.20. The minimum Gasteiger partial charge on any atom is -0.339 e. The van der Waals surface area contributed by atoms with E-state index in [4.69, 9.17) is 5.73 Å². The topological polar surface area (TPSA) is 89.5 Å². The van der Waals surface area contributed by atoms with Gasteiger partial charge in [0, 0.05) is 35.3 Å². The van der Waals surface area contributed by atoms with Crippen LogP contribution in [0.25, 0.3) is 0 Å². The summed E-state index contributed by atoms with van der Waals surface area (Å²) < 4.78 is 0.534. The smallest absolute Gasteiger partial charge is 0.271 e. The van der Waals surface area contributed by atoms with E-state index in [2.05, 4.69) is 15.9 Å². The first-order chi connectivity index (χ1) is 9.51. The second-order valence-electron chi connectivity index (χ2n) is 4.93. The Morgan fingerprint density at radius 3 is 2.60 bits per heavy atom. The molecule has 108 valence electrons. The van der Waals surface area contributed by atoms with Crippen LogP contribution in [0.15, 0.2) is 22.7 Å². The Labute approximate surface area is 125 Å². The highest BCUT2D eigenvalue weighted by Crippen LogP contribution is 2.24. The van der Waals surface area contributed by atoms with Gasteiger partial charge < -0.3 is 10.6 Å². The molecule has 0 spiro atoms. The fourth-order valence-electron chi connectivity index (χ4n) is 2.36. The standard InChI is InChI=1S/C13H16BrN3O3/c14-11-5-10(6-12(7-11)17(19)20)13(18)16-3-1-9(8-15)2-4-16/h5-7,9H,1-4,8,15H2. The van der Waals surface area contributed by atoms with Crippen LogP contribution >= 0.6 is 15.9 Å². The number of nitrogens with two attached hydrogens (primary N) is 1. The van der Waals surface area contributed by atoms with Crippen LogP contribution in [0.2, 0.25) is 0 Å². The summed E-state index contributed by atoms with van der Waals surface area (Å²) in [5.74, 6) is 0.306. The fourth-order valence-corrected chi connectivity index (χ4v) is 2.84. The number of hydrogen-bond donors (Lipinski definition) is 1. The molecule has 1 aromatic carbocycles. The van der Waals surface area contributed by atoms with E-state index >= 15 is 0 Å². The van der Waals surface area contributed by atoms with Crippen molar-refractivity contribution in [2.24, 2.45) is 11.7 Å². The molecule has 20 heavy (non-hydrogen) atoms. The van der Waals surface area contributed by atoms with E-state index in [1.807, 2.05) is 0 Å². The largest absolute Gasteiger partial charge is 0.339 e. The first-order valence-electron chi connectivity index (χ1n) is 6.45. The summed E-state index contributed by atoms with van der Waals surface area (Å²) in [6.45, 7) is 1.95. The highest BCUT2D eigenvalue weighted by Gasteiger charge is 2.24. The number of carbonyl (C=O) groups excluding carboxylic acids is 1. The minimum absolute atomic E-state index is 0.0837. The van der Waals surface area contributed by atoms with Crippen molar-refractivity contribution in [2.75, 3.05) is 19.6 Å². The van der Waals surface area contributed by atoms with Gasteiger partial charge in [0.25, 0.3) is 11.6 Å².